The van der Waals surface area contributed by atoms with Gasteiger partial charge in [-0.3, -0.25) is 4.79 Å². The molecule has 0 saturated carbocycles. The fourth-order valence-electron chi connectivity index (χ4n) is 1.94. The van der Waals surface area contributed by atoms with Gasteiger partial charge in [0.1, 0.15) is 0 Å². The van der Waals surface area contributed by atoms with Crippen LogP contribution in [-0.2, 0) is 14.9 Å². The standard InChI is InChI=1S/C15H21NO2/c1-3-18-14(17)15(9-11-16(2)12-10-15)13-7-5-4-6-8-13/h4-8H,3,9-12H2,1-2H3/i2D3,9D2,10D2. The van der Waals surface area contributed by atoms with E-state index in [0.717, 1.165) is 4.90 Å². The van der Waals surface area contributed by atoms with Gasteiger partial charge in [-0.05, 0) is 45.3 Å². The molecule has 2 rings (SSSR count). The van der Waals surface area contributed by atoms with Gasteiger partial charge in [0.2, 0.25) is 0 Å². The number of carbonyl (C=O) groups excluding carboxylic acids is 1. The monoisotopic (exact) mass is 254 g/mol. The first-order valence-electron chi connectivity index (χ1n) is 9.38. The molecule has 0 aliphatic carbocycles. The number of rotatable bonds is 3. The van der Waals surface area contributed by atoms with Gasteiger partial charge >= 0.3 is 5.97 Å². The normalized spacial score (nSPS) is 31.5. The lowest BCUT2D eigenvalue weighted by Crippen LogP contribution is -2.47. The van der Waals surface area contributed by atoms with Crippen LogP contribution in [0.4, 0.5) is 0 Å². The molecule has 0 N–H and O–H groups in total. The second kappa shape index (κ2) is 5.53. The van der Waals surface area contributed by atoms with Crippen LogP contribution >= 0.6 is 0 Å². The maximum atomic E-state index is 12.8. The van der Waals surface area contributed by atoms with E-state index in [4.69, 9.17) is 14.3 Å². The summed E-state index contributed by atoms with van der Waals surface area (Å²) < 4.78 is 61.5. The fraction of sp³-hybridized carbons (Fsp3) is 0.533. The Morgan fingerprint density at radius 1 is 1.44 bits per heavy atom. The zero-order valence-corrected chi connectivity index (χ0v) is 10.3. The smallest absolute Gasteiger partial charge is 0.316 e. The van der Waals surface area contributed by atoms with Crippen LogP contribution in [0, 0.1) is 0 Å². The molecule has 1 fully saturated rings. The summed E-state index contributed by atoms with van der Waals surface area (Å²) in [4.78, 5) is 13.6. The topological polar surface area (TPSA) is 29.5 Å². The zero-order chi connectivity index (χ0) is 19.1. The van der Waals surface area contributed by atoms with Gasteiger partial charge in [0.15, 0.2) is 0 Å². The molecule has 1 aliphatic heterocycles. The molecule has 0 aromatic heterocycles. The first-order valence-corrected chi connectivity index (χ1v) is 5.88. The summed E-state index contributed by atoms with van der Waals surface area (Å²) in [6.07, 6.45) is -5.01. The third-order valence-corrected chi connectivity index (χ3v) is 2.86. The van der Waals surface area contributed by atoms with Gasteiger partial charge in [0.05, 0.1) is 12.0 Å². The quantitative estimate of drug-likeness (QED) is 0.775. The van der Waals surface area contributed by atoms with Gasteiger partial charge in [0.25, 0.3) is 0 Å². The summed E-state index contributed by atoms with van der Waals surface area (Å²) in [7, 11) is 0. The third-order valence-electron chi connectivity index (χ3n) is 2.86. The van der Waals surface area contributed by atoms with E-state index in [-0.39, 0.29) is 12.2 Å². The van der Waals surface area contributed by atoms with Gasteiger partial charge in [-0.1, -0.05) is 30.3 Å². The Kier molecular flexibility index (Phi) is 2.06. The van der Waals surface area contributed by atoms with E-state index >= 15 is 0 Å². The lowest BCUT2D eigenvalue weighted by Gasteiger charge is -2.38. The Hall–Kier alpha value is -1.35. The largest absolute Gasteiger partial charge is 0.465 e. The van der Waals surface area contributed by atoms with E-state index in [1.807, 2.05) is 0 Å². The van der Waals surface area contributed by atoms with E-state index in [2.05, 4.69) is 0 Å². The van der Waals surface area contributed by atoms with Gasteiger partial charge in [-0.15, -0.1) is 0 Å². The van der Waals surface area contributed by atoms with Crippen LogP contribution < -0.4 is 0 Å². The molecule has 1 aromatic rings. The molecule has 3 heteroatoms. The highest BCUT2D eigenvalue weighted by molar-refractivity contribution is 5.83. The van der Waals surface area contributed by atoms with Crippen molar-refractivity contribution in [2.24, 2.45) is 0 Å². The number of ether oxygens (including phenoxy) is 1. The molecule has 0 atom stereocenters. The van der Waals surface area contributed by atoms with Crippen LogP contribution in [0.5, 0.6) is 0 Å². The molecule has 98 valence electrons. The molecule has 0 amide bonds. The Labute approximate surface area is 119 Å². The number of piperidine rings is 1. The maximum absolute atomic E-state index is 12.8. The minimum Gasteiger partial charge on any atom is -0.465 e. The molecule has 0 radical (unpaired) electrons. The second-order valence-corrected chi connectivity index (χ2v) is 4.05. The van der Waals surface area contributed by atoms with Gasteiger partial charge in [-0.2, -0.15) is 0 Å². The summed E-state index contributed by atoms with van der Waals surface area (Å²) in [6.45, 7) is -2.38. The van der Waals surface area contributed by atoms with Crippen LogP contribution in [0.15, 0.2) is 30.3 Å². The highest BCUT2D eigenvalue weighted by Gasteiger charge is 2.43. The van der Waals surface area contributed by atoms with Gasteiger partial charge < -0.3 is 9.64 Å². The van der Waals surface area contributed by atoms with Crippen molar-refractivity contribution in [2.45, 2.75) is 25.1 Å². The molecule has 3 nitrogen and oxygen atoms in total. The number of likely N-dealkylation sites (tertiary alicyclic amines) is 1. The molecule has 1 saturated heterocycles. The van der Waals surface area contributed by atoms with E-state index in [0.29, 0.717) is 0 Å². The Balaban J connectivity index is 2.71. The number of esters is 1. The summed E-state index contributed by atoms with van der Waals surface area (Å²) in [5.41, 5.74) is -2.13. The summed E-state index contributed by atoms with van der Waals surface area (Å²) in [5.74, 6) is -1.03. The third kappa shape index (κ3) is 2.41. The Morgan fingerprint density at radius 2 is 2.11 bits per heavy atom. The van der Waals surface area contributed by atoms with Crippen molar-refractivity contribution in [3.63, 3.8) is 0 Å². The second-order valence-electron chi connectivity index (χ2n) is 4.05. The van der Waals surface area contributed by atoms with Crippen molar-refractivity contribution in [1.82, 2.24) is 4.90 Å². The molecular weight excluding hydrogens is 226 g/mol. The molecular formula is C15H21NO2. The van der Waals surface area contributed by atoms with Gasteiger partial charge in [0, 0.05) is 9.60 Å². The number of hydrogen-bond donors (Lipinski definition) is 0. The Morgan fingerprint density at radius 3 is 2.67 bits per heavy atom. The number of hydrogen-bond acceptors (Lipinski definition) is 3. The van der Waals surface area contributed by atoms with Gasteiger partial charge in [-0.25, -0.2) is 0 Å². The SMILES string of the molecule is [2H]C([2H])([2H])N1CC([2H])([2H])C(C(=O)OCC)(c2ccccc2)C([2H])([2H])C1. The molecule has 0 unspecified atom stereocenters. The summed E-state index contributed by atoms with van der Waals surface area (Å²) >= 11 is 0. The highest BCUT2D eigenvalue weighted by Crippen LogP contribution is 2.36. The molecule has 0 spiro atoms. The van der Waals surface area contributed by atoms with Crippen molar-refractivity contribution in [3.05, 3.63) is 35.9 Å². The minimum atomic E-state index is -2.67. The molecule has 0 bridgehead atoms. The van der Waals surface area contributed by atoms with Crippen LogP contribution in [0.25, 0.3) is 0 Å². The zero-order valence-electron chi connectivity index (χ0n) is 17.3. The highest BCUT2D eigenvalue weighted by atomic mass is 16.5. The van der Waals surface area contributed by atoms with Crippen LogP contribution in [0.1, 0.15) is 34.8 Å². The lowest BCUT2D eigenvalue weighted by molar-refractivity contribution is -0.152. The average molecular weight is 254 g/mol. The van der Waals surface area contributed by atoms with Crippen LogP contribution in [-0.4, -0.2) is 37.5 Å². The number of nitrogens with zero attached hydrogens (tertiary/aromatic N) is 1. The molecule has 1 heterocycles. The van der Waals surface area contributed by atoms with Crippen LogP contribution in [0.3, 0.4) is 0 Å². The maximum Gasteiger partial charge on any atom is 0.316 e. The predicted molar refractivity (Wildman–Crippen MR) is 71.5 cm³/mol. The van der Waals surface area contributed by atoms with E-state index in [1.165, 1.54) is 12.1 Å². The average Bonchev–Trinajstić information content (AvgIpc) is 2.45. The summed E-state index contributed by atoms with van der Waals surface area (Å²) in [6, 6.07) is 7.78. The minimum absolute atomic E-state index is 0.0391. The van der Waals surface area contributed by atoms with Crippen molar-refractivity contribution < 1.29 is 19.1 Å². The van der Waals surface area contributed by atoms with E-state index in [9.17, 15) is 4.79 Å². The van der Waals surface area contributed by atoms with E-state index < -0.39 is 44.2 Å². The molecule has 1 aliphatic rings. The van der Waals surface area contributed by atoms with Crippen molar-refractivity contribution in [2.75, 3.05) is 26.7 Å². The summed E-state index contributed by atoms with van der Waals surface area (Å²) in [5, 5.41) is 0. The molecule has 1 aromatic carbocycles. The fourth-order valence-corrected chi connectivity index (χ4v) is 1.94. The van der Waals surface area contributed by atoms with Crippen molar-refractivity contribution in [1.29, 1.82) is 0 Å². The van der Waals surface area contributed by atoms with E-state index in [1.54, 1.807) is 25.1 Å². The number of carbonyl (C=O) groups is 1. The number of benzene rings is 1. The van der Waals surface area contributed by atoms with Crippen molar-refractivity contribution in [3.8, 4) is 0 Å². The lowest BCUT2D eigenvalue weighted by atomic mass is 9.73. The first-order chi connectivity index (χ1) is 11.4. The Bertz CT molecular complexity index is 613. The predicted octanol–water partition coefficient (Wildman–Crippen LogP) is 2.21. The first kappa shape index (κ1) is 6.71. The van der Waals surface area contributed by atoms with Crippen molar-refractivity contribution >= 4 is 5.97 Å². The molecule has 18 heavy (non-hydrogen) atoms. The van der Waals surface area contributed by atoms with Crippen LogP contribution in [0.2, 0.25) is 0 Å².